The number of hydrogen-bond acceptors (Lipinski definition) is 6. The van der Waals surface area contributed by atoms with E-state index in [-0.39, 0.29) is 28.0 Å². The maximum Gasteiger partial charge on any atom is 0.270 e. The molecule has 0 aliphatic heterocycles. The summed E-state index contributed by atoms with van der Waals surface area (Å²) in [5, 5.41) is 14.5. The number of benzene rings is 1. The van der Waals surface area contributed by atoms with E-state index >= 15 is 0 Å². The van der Waals surface area contributed by atoms with Gasteiger partial charge in [-0.3, -0.25) is 14.8 Å². The smallest absolute Gasteiger partial charge is 0.258 e. The summed E-state index contributed by atoms with van der Waals surface area (Å²) in [6, 6.07) is 3.19. The van der Waals surface area contributed by atoms with Gasteiger partial charge in [0, 0.05) is 19.2 Å². The molecule has 0 saturated heterocycles. The summed E-state index contributed by atoms with van der Waals surface area (Å²) in [4.78, 5) is 13.5. The van der Waals surface area contributed by atoms with Crippen LogP contribution in [-0.4, -0.2) is 28.1 Å². The fourth-order valence-corrected chi connectivity index (χ4v) is 3.01. The minimum absolute atomic E-state index is 0.109. The van der Waals surface area contributed by atoms with Crippen LogP contribution in [0.1, 0.15) is 5.82 Å². The van der Waals surface area contributed by atoms with Gasteiger partial charge in [0.2, 0.25) is 10.0 Å². The number of hydrogen-bond donors (Lipinski definition) is 1. The molecule has 2 aromatic rings. The Balaban J connectivity index is 2.26. The minimum Gasteiger partial charge on any atom is -0.258 e. The molecule has 9 nitrogen and oxygen atoms in total. The molecule has 0 saturated carbocycles. The predicted molar refractivity (Wildman–Crippen MR) is 73.1 cm³/mol. The molecule has 0 fully saturated rings. The van der Waals surface area contributed by atoms with Crippen LogP contribution in [0.2, 0.25) is 5.02 Å². The summed E-state index contributed by atoms with van der Waals surface area (Å²) >= 11 is 5.79. The Morgan fingerprint density at radius 3 is 2.76 bits per heavy atom. The van der Waals surface area contributed by atoms with E-state index in [2.05, 4.69) is 14.8 Å². The lowest BCUT2D eigenvalue weighted by Crippen LogP contribution is -2.24. The standard InChI is InChI=1S/C10H10ClN5O4S/c1-15-6-12-10(14-15)5-13-21(19,20)9-4-7(16(17)18)2-3-8(9)11/h2-4,6,13H,5H2,1H3. The van der Waals surface area contributed by atoms with Crippen molar-refractivity contribution >= 4 is 27.3 Å². The molecule has 0 aliphatic carbocycles. The van der Waals surface area contributed by atoms with Crippen molar-refractivity contribution < 1.29 is 13.3 Å². The van der Waals surface area contributed by atoms with Crippen molar-refractivity contribution in [1.82, 2.24) is 19.5 Å². The van der Waals surface area contributed by atoms with Gasteiger partial charge >= 0.3 is 0 Å². The molecule has 112 valence electrons. The minimum atomic E-state index is -4.01. The first kappa shape index (κ1) is 15.4. The maximum absolute atomic E-state index is 12.1. The lowest BCUT2D eigenvalue weighted by molar-refractivity contribution is -0.385. The number of nitrogens with zero attached hydrogens (tertiary/aromatic N) is 4. The van der Waals surface area contributed by atoms with E-state index in [0.29, 0.717) is 0 Å². The van der Waals surface area contributed by atoms with Crippen LogP contribution in [0.4, 0.5) is 5.69 Å². The number of nitrogens with one attached hydrogen (secondary N) is 1. The van der Waals surface area contributed by atoms with E-state index in [1.54, 1.807) is 7.05 Å². The Bertz CT molecular complexity index is 788. The summed E-state index contributed by atoms with van der Waals surface area (Å²) in [5.74, 6) is 0.266. The summed E-state index contributed by atoms with van der Waals surface area (Å²) in [6.45, 7) is -0.151. The van der Waals surface area contributed by atoms with Crippen LogP contribution in [0.3, 0.4) is 0 Å². The number of nitro benzene ring substituents is 1. The first-order chi connectivity index (χ1) is 9.79. The average Bonchev–Trinajstić information content (AvgIpc) is 2.82. The van der Waals surface area contributed by atoms with Gasteiger partial charge in [-0.15, -0.1) is 0 Å². The lowest BCUT2D eigenvalue weighted by Gasteiger charge is -2.06. The second kappa shape index (κ2) is 5.76. The van der Waals surface area contributed by atoms with Gasteiger partial charge in [-0.2, -0.15) is 5.10 Å². The third kappa shape index (κ3) is 3.54. The van der Waals surface area contributed by atoms with E-state index in [0.717, 1.165) is 18.2 Å². The first-order valence-electron chi connectivity index (χ1n) is 5.58. The molecule has 0 radical (unpaired) electrons. The van der Waals surface area contributed by atoms with Gasteiger partial charge < -0.3 is 0 Å². The summed E-state index contributed by atoms with van der Waals surface area (Å²) in [5.41, 5.74) is -0.365. The number of sulfonamides is 1. The molecule has 0 aliphatic rings. The van der Waals surface area contributed by atoms with Crippen LogP contribution >= 0.6 is 11.6 Å². The van der Waals surface area contributed by atoms with Gasteiger partial charge in [-0.1, -0.05) is 11.6 Å². The fraction of sp³-hybridized carbons (Fsp3) is 0.200. The molecule has 1 heterocycles. The van der Waals surface area contributed by atoms with E-state index in [9.17, 15) is 18.5 Å². The second-order valence-corrected chi connectivity index (χ2v) is 6.17. The van der Waals surface area contributed by atoms with E-state index < -0.39 is 14.9 Å². The SMILES string of the molecule is Cn1cnc(CNS(=O)(=O)c2cc([N+](=O)[O-])ccc2Cl)n1. The number of nitro groups is 1. The molecular weight excluding hydrogens is 322 g/mol. The van der Waals surface area contributed by atoms with Gasteiger partial charge in [0.05, 0.1) is 16.5 Å². The topological polar surface area (TPSA) is 120 Å². The van der Waals surface area contributed by atoms with E-state index in [1.807, 2.05) is 0 Å². The van der Waals surface area contributed by atoms with E-state index in [1.165, 1.54) is 11.0 Å². The van der Waals surface area contributed by atoms with Gasteiger partial charge in [0.15, 0.2) is 5.82 Å². The molecule has 0 atom stereocenters. The third-order valence-electron chi connectivity index (χ3n) is 2.48. The molecule has 21 heavy (non-hydrogen) atoms. The zero-order chi connectivity index (χ0) is 15.6. The lowest BCUT2D eigenvalue weighted by atomic mass is 10.3. The van der Waals surface area contributed by atoms with E-state index in [4.69, 9.17) is 11.6 Å². The summed E-state index contributed by atoms with van der Waals surface area (Å²) in [7, 11) is -2.37. The predicted octanol–water partition coefficient (Wildman–Crippen LogP) is 0.855. The summed E-state index contributed by atoms with van der Waals surface area (Å²) < 4.78 is 27.9. The highest BCUT2D eigenvalue weighted by molar-refractivity contribution is 7.89. The van der Waals surface area contributed by atoms with Crippen molar-refractivity contribution in [2.45, 2.75) is 11.4 Å². The van der Waals surface area contributed by atoms with Crippen LogP contribution in [0, 0.1) is 10.1 Å². The first-order valence-corrected chi connectivity index (χ1v) is 7.44. The largest absolute Gasteiger partial charge is 0.270 e. The number of aromatic nitrogens is 3. The highest BCUT2D eigenvalue weighted by Gasteiger charge is 2.21. The Hall–Kier alpha value is -2.04. The number of non-ortho nitro benzene ring substituents is 1. The molecule has 11 heteroatoms. The Kier molecular flexibility index (Phi) is 4.21. The Morgan fingerprint density at radius 1 is 1.48 bits per heavy atom. The summed E-state index contributed by atoms with van der Waals surface area (Å²) in [6.07, 6.45) is 1.42. The van der Waals surface area contributed by atoms with Crippen molar-refractivity contribution in [3.05, 3.63) is 45.5 Å². The highest BCUT2D eigenvalue weighted by atomic mass is 35.5. The molecular formula is C10H10ClN5O4S. The molecule has 1 aromatic heterocycles. The van der Waals surface area contributed by atoms with Crippen LogP contribution in [0.5, 0.6) is 0 Å². The number of rotatable bonds is 5. The molecule has 0 amide bonds. The van der Waals surface area contributed by atoms with Crippen molar-refractivity contribution in [2.24, 2.45) is 7.05 Å². The third-order valence-corrected chi connectivity index (χ3v) is 4.37. The van der Waals surface area contributed by atoms with Gasteiger partial charge in [0.25, 0.3) is 5.69 Å². The highest BCUT2D eigenvalue weighted by Crippen LogP contribution is 2.26. The van der Waals surface area contributed by atoms with Gasteiger partial charge in [-0.05, 0) is 6.07 Å². The molecule has 2 rings (SSSR count). The number of aryl methyl sites for hydroxylation is 1. The van der Waals surface area contributed by atoms with Crippen LogP contribution in [-0.2, 0) is 23.6 Å². The van der Waals surface area contributed by atoms with Crippen LogP contribution in [0.25, 0.3) is 0 Å². The maximum atomic E-state index is 12.1. The van der Waals surface area contributed by atoms with Crippen molar-refractivity contribution in [3.8, 4) is 0 Å². The van der Waals surface area contributed by atoms with Gasteiger partial charge in [0.1, 0.15) is 11.2 Å². The quantitative estimate of drug-likeness (QED) is 0.640. The fourth-order valence-electron chi connectivity index (χ4n) is 1.51. The molecule has 1 aromatic carbocycles. The zero-order valence-electron chi connectivity index (χ0n) is 10.7. The Morgan fingerprint density at radius 2 is 2.19 bits per heavy atom. The monoisotopic (exact) mass is 331 g/mol. The molecule has 1 N–H and O–H groups in total. The molecule has 0 bridgehead atoms. The molecule has 0 unspecified atom stereocenters. The van der Waals surface area contributed by atoms with Crippen molar-refractivity contribution in [2.75, 3.05) is 0 Å². The average molecular weight is 332 g/mol. The second-order valence-electron chi connectivity index (χ2n) is 4.03. The molecule has 0 spiro atoms. The van der Waals surface area contributed by atoms with Gasteiger partial charge in [-0.25, -0.2) is 18.1 Å². The normalized spacial score (nSPS) is 11.5. The zero-order valence-corrected chi connectivity index (χ0v) is 12.3. The van der Waals surface area contributed by atoms with Crippen molar-refractivity contribution in [1.29, 1.82) is 0 Å². The number of halogens is 1. The van der Waals surface area contributed by atoms with Crippen LogP contribution < -0.4 is 4.72 Å². The Labute approximate surface area is 124 Å². The van der Waals surface area contributed by atoms with Crippen molar-refractivity contribution in [3.63, 3.8) is 0 Å². The van der Waals surface area contributed by atoms with Crippen LogP contribution in [0.15, 0.2) is 29.4 Å².